The Morgan fingerprint density at radius 2 is 0.464 bits per heavy atom. The van der Waals surface area contributed by atoms with Gasteiger partial charge in [-0.05, 0) is 180 Å². The standard InChI is InChI=1S/C93H152O17P2/c1-5-9-13-17-21-25-29-33-37-40-43-46-50-53-57-61-65-69-73-77-90(95)103-83-88(109-92(97)79-75-71-67-63-59-55-49-36-32-28-24-20-16-12-8-4)85-107-111(99,100)105-81-87(94)82-106-112(101,102)108-86-89(110-93(98)80-76-72-68-64-60-56-52-48-45-42-39-35-31-27-23-19-15-11-7-3)84-104-91(96)78-74-70-66-62-58-54-51-47-44-41-38-34-30-26-22-18-14-10-6-2/h9-11,13-15,21-28,33-39,43-49,54,58,87-89,94H,5-8,12,16-20,29-32,40-42,50-53,55-57,59-86H2,1-4H3,(H,99,100)(H,101,102)/b13-9-,14-10-,15-11-,25-21-,26-22-,27-23-,28-24-,37-33-,38-34-,39-35-,46-43-,47-44-,48-45-,49-36-,58-54-. The lowest BCUT2D eigenvalue weighted by molar-refractivity contribution is -0.161. The Balaban J connectivity index is 5.47. The number of carbonyl (C=O) groups is 4. The third kappa shape index (κ3) is 82.2. The van der Waals surface area contributed by atoms with E-state index in [0.717, 1.165) is 225 Å². The molecular weight excluding hydrogens is 1450 g/mol. The van der Waals surface area contributed by atoms with Crippen LogP contribution in [0.2, 0.25) is 0 Å². The van der Waals surface area contributed by atoms with Gasteiger partial charge in [-0.2, -0.15) is 0 Å². The summed E-state index contributed by atoms with van der Waals surface area (Å²) >= 11 is 0. The highest BCUT2D eigenvalue weighted by atomic mass is 31.2. The summed E-state index contributed by atoms with van der Waals surface area (Å²) in [5, 5.41) is 10.7. The molecule has 0 aliphatic carbocycles. The third-order valence-electron chi connectivity index (χ3n) is 17.3. The van der Waals surface area contributed by atoms with Crippen molar-refractivity contribution in [3.05, 3.63) is 182 Å². The summed E-state index contributed by atoms with van der Waals surface area (Å²) in [6.45, 7) is 4.44. The molecule has 0 radical (unpaired) electrons. The molecule has 0 aliphatic heterocycles. The number of rotatable bonds is 79. The average molecular weight is 1600 g/mol. The number of phosphoric acid groups is 2. The number of hydrogen-bond acceptors (Lipinski definition) is 15. The van der Waals surface area contributed by atoms with E-state index >= 15 is 0 Å². The van der Waals surface area contributed by atoms with Crippen molar-refractivity contribution in [2.75, 3.05) is 39.6 Å². The fourth-order valence-electron chi connectivity index (χ4n) is 10.9. The molecule has 0 aromatic rings. The lowest BCUT2D eigenvalue weighted by Crippen LogP contribution is -2.30. The second-order valence-electron chi connectivity index (χ2n) is 28.0. The maximum absolute atomic E-state index is 13.2. The highest BCUT2D eigenvalue weighted by molar-refractivity contribution is 7.47. The van der Waals surface area contributed by atoms with Crippen LogP contribution in [0.25, 0.3) is 0 Å². The summed E-state index contributed by atoms with van der Waals surface area (Å²) in [4.78, 5) is 73.3. The van der Waals surface area contributed by atoms with Gasteiger partial charge < -0.3 is 33.8 Å². The zero-order valence-corrected chi connectivity index (χ0v) is 71.6. The second kappa shape index (κ2) is 83.1. The molecule has 0 saturated carbocycles. The largest absolute Gasteiger partial charge is 0.472 e. The molecule has 0 aromatic heterocycles. The fraction of sp³-hybridized carbons (Fsp3) is 0.634. The first-order valence-corrected chi connectivity index (χ1v) is 46.0. The van der Waals surface area contributed by atoms with Crippen molar-refractivity contribution in [1.82, 2.24) is 0 Å². The predicted molar refractivity (Wildman–Crippen MR) is 463 cm³/mol. The molecule has 112 heavy (non-hydrogen) atoms. The summed E-state index contributed by atoms with van der Waals surface area (Å²) in [6, 6.07) is 0. The first kappa shape index (κ1) is 106. The maximum atomic E-state index is 13.2. The van der Waals surface area contributed by atoms with E-state index < -0.39 is 97.5 Å². The average Bonchev–Trinajstić information content (AvgIpc) is 0.898. The molecule has 0 fully saturated rings. The van der Waals surface area contributed by atoms with Crippen LogP contribution in [0.4, 0.5) is 0 Å². The van der Waals surface area contributed by atoms with Gasteiger partial charge in [0.15, 0.2) is 12.2 Å². The molecule has 0 heterocycles. The minimum Gasteiger partial charge on any atom is -0.462 e. The third-order valence-corrected chi connectivity index (χ3v) is 19.2. The molecule has 0 aromatic carbocycles. The zero-order chi connectivity index (χ0) is 81.7. The van der Waals surface area contributed by atoms with Crippen molar-refractivity contribution in [2.24, 2.45) is 0 Å². The number of unbranched alkanes of at least 4 members (excludes halogenated alkanes) is 23. The monoisotopic (exact) mass is 1600 g/mol. The van der Waals surface area contributed by atoms with Gasteiger partial charge in [0, 0.05) is 25.7 Å². The number of hydrogen-bond donors (Lipinski definition) is 3. The molecule has 19 heteroatoms. The van der Waals surface area contributed by atoms with Crippen LogP contribution in [0.3, 0.4) is 0 Å². The highest BCUT2D eigenvalue weighted by Gasteiger charge is 2.30. The summed E-state index contributed by atoms with van der Waals surface area (Å²) < 4.78 is 68.8. The summed E-state index contributed by atoms with van der Waals surface area (Å²) in [6.07, 6.45) is 101. The van der Waals surface area contributed by atoms with E-state index in [1.165, 1.54) is 19.3 Å². The number of esters is 4. The SMILES string of the molecule is CC/C=C\C/C=C\C/C=C\C/C=C\C/C=C\CCCCCC(=O)OCC(COP(=O)(O)OCC(O)COP(=O)(O)OCC(COC(=O)CCCCCCCC/C=C\C/C=C\C/C=C\C/C=C\CC)OC(=O)CCCCCCC/C=C\C/C=C\CCCCC)OC(=O)CCCCCCCC/C=C\C/C=C\C/C=C\C/C=C\CC. The minimum absolute atomic E-state index is 0.0638. The Morgan fingerprint density at radius 3 is 0.723 bits per heavy atom. The van der Waals surface area contributed by atoms with Crippen molar-refractivity contribution in [3.8, 4) is 0 Å². The van der Waals surface area contributed by atoms with Gasteiger partial charge in [-0.15, -0.1) is 0 Å². The molecule has 17 nitrogen and oxygen atoms in total. The quantitative estimate of drug-likeness (QED) is 0.0169. The van der Waals surface area contributed by atoms with Gasteiger partial charge in [-0.25, -0.2) is 9.13 Å². The van der Waals surface area contributed by atoms with Crippen LogP contribution in [-0.2, 0) is 65.4 Å². The van der Waals surface area contributed by atoms with Gasteiger partial charge >= 0.3 is 39.5 Å². The van der Waals surface area contributed by atoms with E-state index in [9.17, 15) is 43.2 Å². The zero-order valence-electron chi connectivity index (χ0n) is 69.8. The maximum Gasteiger partial charge on any atom is 0.472 e. The molecule has 5 unspecified atom stereocenters. The second-order valence-corrected chi connectivity index (χ2v) is 30.9. The van der Waals surface area contributed by atoms with Crippen molar-refractivity contribution in [3.63, 3.8) is 0 Å². The van der Waals surface area contributed by atoms with Crippen LogP contribution in [0.1, 0.15) is 323 Å². The van der Waals surface area contributed by atoms with Crippen molar-refractivity contribution < 1.29 is 80.2 Å². The van der Waals surface area contributed by atoms with Gasteiger partial charge in [0.25, 0.3) is 0 Å². The van der Waals surface area contributed by atoms with E-state index in [-0.39, 0.29) is 25.7 Å². The minimum atomic E-state index is -5.01. The molecule has 0 saturated heterocycles. The van der Waals surface area contributed by atoms with Crippen molar-refractivity contribution >= 4 is 39.5 Å². The van der Waals surface area contributed by atoms with Gasteiger partial charge in [0.2, 0.25) is 0 Å². The van der Waals surface area contributed by atoms with E-state index in [1.54, 1.807) is 0 Å². The number of aliphatic hydroxyl groups is 1. The lowest BCUT2D eigenvalue weighted by Gasteiger charge is -2.21. The molecule has 0 amide bonds. The van der Waals surface area contributed by atoms with Gasteiger partial charge in [-0.1, -0.05) is 300 Å². The van der Waals surface area contributed by atoms with Crippen molar-refractivity contribution in [1.29, 1.82) is 0 Å². The van der Waals surface area contributed by atoms with E-state index in [4.69, 9.17) is 37.0 Å². The first-order valence-electron chi connectivity index (χ1n) is 43.0. The number of aliphatic hydroxyl groups excluding tert-OH is 1. The van der Waals surface area contributed by atoms with E-state index in [1.807, 2.05) is 0 Å². The highest BCUT2D eigenvalue weighted by Crippen LogP contribution is 2.45. The summed E-state index contributed by atoms with van der Waals surface area (Å²) in [5.74, 6) is -2.26. The first-order chi connectivity index (χ1) is 54.7. The summed E-state index contributed by atoms with van der Waals surface area (Å²) in [7, 11) is -10.0. The summed E-state index contributed by atoms with van der Waals surface area (Å²) in [5.41, 5.74) is 0. The van der Waals surface area contributed by atoms with Gasteiger partial charge in [0.1, 0.15) is 19.3 Å². The Hall–Kier alpha value is -5.84. The predicted octanol–water partition coefficient (Wildman–Crippen LogP) is 25.9. The number of ether oxygens (including phenoxy) is 4. The number of phosphoric ester groups is 2. The number of allylic oxidation sites excluding steroid dienone is 30. The molecule has 636 valence electrons. The Morgan fingerprint density at radius 1 is 0.259 bits per heavy atom. The fourth-order valence-corrected chi connectivity index (χ4v) is 12.5. The van der Waals surface area contributed by atoms with Crippen LogP contribution < -0.4 is 0 Å². The van der Waals surface area contributed by atoms with Crippen LogP contribution in [0.5, 0.6) is 0 Å². The Kier molecular flexibility index (Phi) is 78.8. The van der Waals surface area contributed by atoms with Crippen LogP contribution in [-0.4, -0.2) is 96.7 Å². The molecule has 0 spiro atoms. The van der Waals surface area contributed by atoms with Gasteiger partial charge in [-0.3, -0.25) is 37.3 Å². The van der Waals surface area contributed by atoms with E-state index in [0.29, 0.717) is 25.7 Å². The molecule has 0 bridgehead atoms. The van der Waals surface area contributed by atoms with Crippen LogP contribution in [0, 0.1) is 0 Å². The molecular formula is C93H152O17P2. The molecule has 0 rings (SSSR count). The van der Waals surface area contributed by atoms with E-state index in [2.05, 4.69) is 210 Å². The molecule has 5 atom stereocenters. The normalized spacial score (nSPS) is 14.7. The smallest absolute Gasteiger partial charge is 0.462 e. The Labute approximate surface area is 679 Å². The molecule has 3 N–H and O–H groups in total. The Bertz CT molecular complexity index is 2840. The van der Waals surface area contributed by atoms with Crippen LogP contribution in [0.15, 0.2) is 182 Å². The number of carbonyl (C=O) groups excluding carboxylic acids is 4. The topological polar surface area (TPSA) is 237 Å². The van der Waals surface area contributed by atoms with Crippen LogP contribution >= 0.6 is 15.6 Å². The van der Waals surface area contributed by atoms with Crippen molar-refractivity contribution in [2.45, 2.75) is 341 Å². The molecule has 0 aliphatic rings. The van der Waals surface area contributed by atoms with Gasteiger partial charge in [0.05, 0.1) is 26.4 Å². The lowest BCUT2D eigenvalue weighted by atomic mass is 10.1.